The van der Waals surface area contributed by atoms with Crippen LogP contribution in [0.3, 0.4) is 0 Å². The fourth-order valence-corrected chi connectivity index (χ4v) is 2.03. The molecule has 13 heavy (non-hydrogen) atoms. The van der Waals surface area contributed by atoms with Crippen LogP contribution in [0.5, 0.6) is 0 Å². The first-order chi connectivity index (χ1) is 6.31. The highest BCUT2D eigenvalue weighted by atomic mass is 16.5. The Morgan fingerprint density at radius 2 is 2.31 bits per heavy atom. The standard InChI is InChI=1S/C11H15NO/c1-13-11-4-2-3-8-7-9(12)5-6-10(8)11/h5-7,11H,2-4,12H2,1H3. The maximum Gasteiger partial charge on any atom is 0.0823 e. The summed E-state index contributed by atoms with van der Waals surface area (Å²) in [4.78, 5) is 0. The number of fused-ring (bicyclic) bond motifs is 1. The van der Waals surface area contributed by atoms with Crippen LogP contribution in [0.4, 0.5) is 5.69 Å². The lowest BCUT2D eigenvalue weighted by Gasteiger charge is -2.24. The largest absolute Gasteiger partial charge is 0.399 e. The molecule has 2 rings (SSSR count). The first-order valence-corrected chi connectivity index (χ1v) is 4.72. The van der Waals surface area contributed by atoms with Gasteiger partial charge in [0.2, 0.25) is 0 Å². The van der Waals surface area contributed by atoms with Crippen molar-refractivity contribution in [3.63, 3.8) is 0 Å². The van der Waals surface area contributed by atoms with Crippen LogP contribution < -0.4 is 5.73 Å². The van der Waals surface area contributed by atoms with Crippen molar-refractivity contribution in [3.05, 3.63) is 29.3 Å². The van der Waals surface area contributed by atoms with Crippen molar-refractivity contribution in [2.24, 2.45) is 0 Å². The molecule has 2 N–H and O–H groups in total. The molecule has 2 heteroatoms. The number of aryl methyl sites for hydroxylation is 1. The Kier molecular flexibility index (Phi) is 2.23. The van der Waals surface area contributed by atoms with Gasteiger partial charge in [-0.1, -0.05) is 6.07 Å². The van der Waals surface area contributed by atoms with E-state index in [1.807, 2.05) is 6.07 Å². The van der Waals surface area contributed by atoms with E-state index in [0.29, 0.717) is 0 Å². The van der Waals surface area contributed by atoms with Crippen molar-refractivity contribution in [2.45, 2.75) is 25.4 Å². The molecule has 0 aliphatic heterocycles. The van der Waals surface area contributed by atoms with Gasteiger partial charge in [-0.25, -0.2) is 0 Å². The summed E-state index contributed by atoms with van der Waals surface area (Å²) in [6.45, 7) is 0. The smallest absolute Gasteiger partial charge is 0.0823 e. The normalized spacial score (nSPS) is 21.2. The van der Waals surface area contributed by atoms with Crippen LogP contribution in [-0.2, 0) is 11.2 Å². The van der Waals surface area contributed by atoms with E-state index in [1.54, 1.807) is 7.11 Å². The SMILES string of the molecule is COC1CCCc2cc(N)ccc21. The van der Waals surface area contributed by atoms with Gasteiger partial charge in [0.1, 0.15) is 0 Å². The summed E-state index contributed by atoms with van der Waals surface area (Å²) in [6.07, 6.45) is 3.76. The molecule has 2 nitrogen and oxygen atoms in total. The predicted octanol–water partition coefficient (Wildman–Crippen LogP) is 2.29. The number of nitrogen functional groups attached to an aromatic ring is 1. The van der Waals surface area contributed by atoms with E-state index in [2.05, 4.69) is 12.1 Å². The third kappa shape index (κ3) is 1.54. The fourth-order valence-electron chi connectivity index (χ4n) is 2.03. The Labute approximate surface area is 78.7 Å². The van der Waals surface area contributed by atoms with E-state index in [1.165, 1.54) is 17.5 Å². The van der Waals surface area contributed by atoms with Crippen molar-refractivity contribution in [1.29, 1.82) is 0 Å². The van der Waals surface area contributed by atoms with Crippen LogP contribution in [0.15, 0.2) is 18.2 Å². The molecule has 0 saturated carbocycles. The Morgan fingerprint density at radius 3 is 3.08 bits per heavy atom. The number of methoxy groups -OCH3 is 1. The third-order valence-corrected chi connectivity index (χ3v) is 2.71. The number of benzene rings is 1. The van der Waals surface area contributed by atoms with Gasteiger partial charge in [0.25, 0.3) is 0 Å². The monoisotopic (exact) mass is 177 g/mol. The maximum absolute atomic E-state index is 5.73. The summed E-state index contributed by atoms with van der Waals surface area (Å²) < 4.78 is 5.42. The molecule has 0 spiro atoms. The number of nitrogens with two attached hydrogens (primary N) is 1. The van der Waals surface area contributed by atoms with Crippen LogP contribution in [0.25, 0.3) is 0 Å². The topological polar surface area (TPSA) is 35.2 Å². The summed E-state index contributed by atoms with van der Waals surface area (Å²) in [5.74, 6) is 0. The van der Waals surface area contributed by atoms with E-state index in [0.717, 1.165) is 18.5 Å². The zero-order valence-electron chi connectivity index (χ0n) is 7.92. The number of anilines is 1. The van der Waals surface area contributed by atoms with Crippen molar-refractivity contribution in [1.82, 2.24) is 0 Å². The van der Waals surface area contributed by atoms with Gasteiger partial charge in [0.15, 0.2) is 0 Å². The van der Waals surface area contributed by atoms with Crippen LogP contribution in [0.1, 0.15) is 30.1 Å². The second-order valence-corrected chi connectivity index (χ2v) is 3.57. The summed E-state index contributed by atoms with van der Waals surface area (Å²) in [7, 11) is 1.77. The number of rotatable bonds is 1. The predicted molar refractivity (Wildman–Crippen MR) is 53.5 cm³/mol. The molecule has 0 fully saturated rings. The molecule has 0 saturated heterocycles. The van der Waals surface area contributed by atoms with Crippen LogP contribution >= 0.6 is 0 Å². The lowest BCUT2D eigenvalue weighted by atomic mass is 9.89. The maximum atomic E-state index is 5.73. The molecule has 1 aromatic rings. The molecule has 0 heterocycles. The van der Waals surface area contributed by atoms with E-state index >= 15 is 0 Å². The number of ether oxygens (including phenoxy) is 1. The molecule has 0 aromatic heterocycles. The van der Waals surface area contributed by atoms with Crippen molar-refractivity contribution < 1.29 is 4.74 Å². The zero-order valence-corrected chi connectivity index (χ0v) is 7.92. The van der Waals surface area contributed by atoms with Gasteiger partial charge < -0.3 is 10.5 Å². The Balaban J connectivity index is 2.40. The molecule has 1 aliphatic carbocycles. The molecule has 0 bridgehead atoms. The molecule has 1 aliphatic rings. The molecule has 70 valence electrons. The summed E-state index contributed by atoms with van der Waals surface area (Å²) >= 11 is 0. The second-order valence-electron chi connectivity index (χ2n) is 3.57. The van der Waals surface area contributed by atoms with Gasteiger partial charge in [0.05, 0.1) is 6.10 Å². The first kappa shape index (κ1) is 8.57. The van der Waals surface area contributed by atoms with E-state index in [9.17, 15) is 0 Å². The average molecular weight is 177 g/mol. The molecular formula is C11H15NO. The summed E-state index contributed by atoms with van der Waals surface area (Å²) in [5.41, 5.74) is 9.27. The van der Waals surface area contributed by atoms with Gasteiger partial charge in [-0.15, -0.1) is 0 Å². The van der Waals surface area contributed by atoms with E-state index in [4.69, 9.17) is 10.5 Å². The Hall–Kier alpha value is -1.02. The highest BCUT2D eigenvalue weighted by Crippen LogP contribution is 2.32. The quantitative estimate of drug-likeness (QED) is 0.668. The molecule has 0 amide bonds. The average Bonchev–Trinajstić information content (AvgIpc) is 2.16. The van der Waals surface area contributed by atoms with Crippen molar-refractivity contribution in [3.8, 4) is 0 Å². The van der Waals surface area contributed by atoms with Gasteiger partial charge >= 0.3 is 0 Å². The zero-order chi connectivity index (χ0) is 9.26. The van der Waals surface area contributed by atoms with Gasteiger partial charge in [-0.05, 0) is 42.5 Å². The number of hydrogen-bond donors (Lipinski definition) is 1. The minimum atomic E-state index is 0.282. The first-order valence-electron chi connectivity index (χ1n) is 4.72. The molecule has 1 aromatic carbocycles. The minimum absolute atomic E-state index is 0.282. The molecule has 1 unspecified atom stereocenters. The fraction of sp³-hybridized carbons (Fsp3) is 0.455. The third-order valence-electron chi connectivity index (χ3n) is 2.71. The van der Waals surface area contributed by atoms with E-state index in [-0.39, 0.29) is 6.10 Å². The Morgan fingerprint density at radius 1 is 1.46 bits per heavy atom. The summed E-state index contributed by atoms with van der Waals surface area (Å²) in [6, 6.07) is 6.12. The highest BCUT2D eigenvalue weighted by Gasteiger charge is 2.19. The van der Waals surface area contributed by atoms with Crippen molar-refractivity contribution in [2.75, 3.05) is 12.8 Å². The second kappa shape index (κ2) is 3.38. The Bertz CT molecular complexity index is 309. The van der Waals surface area contributed by atoms with Crippen LogP contribution in [-0.4, -0.2) is 7.11 Å². The van der Waals surface area contributed by atoms with Crippen LogP contribution in [0.2, 0.25) is 0 Å². The van der Waals surface area contributed by atoms with Crippen LogP contribution in [0, 0.1) is 0 Å². The highest BCUT2D eigenvalue weighted by molar-refractivity contribution is 5.46. The summed E-state index contributed by atoms with van der Waals surface area (Å²) in [5, 5.41) is 0. The van der Waals surface area contributed by atoms with Gasteiger partial charge in [0, 0.05) is 12.8 Å². The van der Waals surface area contributed by atoms with Gasteiger partial charge in [-0.2, -0.15) is 0 Å². The lowest BCUT2D eigenvalue weighted by molar-refractivity contribution is 0.0881. The number of hydrogen-bond acceptors (Lipinski definition) is 2. The molecular weight excluding hydrogens is 162 g/mol. The van der Waals surface area contributed by atoms with Crippen molar-refractivity contribution >= 4 is 5.69 Å². The molecule has 0 radical (unpaired) electrons. The lowest BCUT2D eigenvalue weighted by Crippen LogP contribution is -2.11. The van der Waals surface area contributed by atoms with Gasteiger partial charge in [-0.3, -0.25) is 0 Å². The van der Waals surface area contributed by atoms with E-state index < -0.39 is 0 Å². The minimum Gasteiger partial charge on any atom is -0.399 e. The molecule has 1 atom stereocenters.